The number of piperidine rings is 1. The summed E-state index contributed by atoms with van der Waals surface area (Å²) in [6.45, 7) is 5.65. The lowest BCUT2D eigenvalue weighted by Gasteiger charge is -2.43. The molecule has 1 aliphatic rings. The van der Waals surface area contributed by atoms with Crippen LogP contribution in [0.15, 0.2) is 11.7 Å². The molecule has 1 aromatic rings. The fourth-order valence-corrected chi connectivity index (χ4v) is 3.30. The highest BCUT2D eigenvalue weighted by molar-refractivity contribution is 7.09. The second kappa shape index (κ2) is 4.74. The Morgan fingerprint density at radius 1 is 1.71 bits per heavy atom. The summed E-state index contributed by atoms with van der Waals surface area (Å²) < 4.78 is 0. The van der Waals surface area contributed by atoms with E-state index in [1.54, 1.807) is 16.8 Å². The summed E-state index contributed by atoms with van der Waals surface area (Å²) in [5.74, 6) is -0.709. The van der Waals surface area contributed by atoms with Crippen molar-refractivity contribution in [1.82, 2.24) is 9.88 Å². The van der Waals surface area contributed by atoms with Gasteiger partial charge in [0.05, 0.1) is 5.51 Å². The van der Waals surface area contributed by atoms with E-state index in [0.717, 1.165) is 24.3 Å². The summed E-state index contributed by atoms with van der Waals surface area (Å²) in [5.41, 5.74) is 1.63. The Balaban J connectivity index is 2.16. The molecule has 0 amide bonds. The third-order valence-electron chi connectivity index (χ3n) is 3.45. The van der Waals surface area contributed by atoms with Gasteiger partial charge in [0.15, 0.2) is 0 Å². The van der Waals surface area contributed by atoms with Crippen LogP contribution in [0.25, 0.3) is 0 Å². The number of hydrogen-bond donors (Lipinski definition) is 1. The Morgan fingerprint density at radius 3 is 3.06 bits per heavy atom. The predicted molar refractivity (Wildman–Crippen MR) is 67.0 cm³/mol. The smallest absolute Gasteiger partial charge is 0.321 e. The van der Waals surface area contributed by atoms with E-state index >= 15 is 0 Å². The molecule has 1 fully saturated rings. The van der Waals surface area contributed by atoms with E-state index in [4.69, 9.17) is 0 Å². The minimum atomic E-state index is -0.709. The van der Waals surface area contributed by atoms with E-state index in [9.17, 15) is 9.90 Å². The van der Waals surface area contributed by atoms with E-state index in [2.05, 4.69) is 9.88 Å². The van der Waals surface area contributed by atoms with Gasteiger partial charge in [0, 0.05) is 17.6 Å². The molecule has 1 aliphatic heterocycles. The molecular weight excluding hydrogens is 236 g/mol. The first-order chi connectivity index (χ1) is 8.00. The van der Waals surface area contributed by atoms with Gasteiger partial charge in [0.25, 0.3) is 0 Å². The molecule has 5 heteroatoms. The Morgan fingerprint density at radius 2 is 2.47 bits per heavy atom. The highest BCUT2D eigenvalue weighted by Gasteiger charge is 2.42. The van der Waals surface area contributed by atoms with Gasteiger partial charge in [-0.05, 0) is 24.8 Å². The fraction of sp³-hybridized carbons (Fsp3) is 0.667. The summed E-state index contributed by atoms with van der Waals surface area (Å²) in [6.07, 6.45) is 3.87. The maximum absolute atomic E-state index is 11.5. The van der Waals surface area contributed by atoms with Crippen LogP contribution in [-0.4, -0.2) is 33.5 Å². The van der Waals surface area contributed by atoms with Crippen LogP contribution in [0.1, 0.15) is 31.6 Å². The van der Waals surface area contributed by atoms with E-state index in [-0.39, 0.29) is 5.41 Å². The SMILES string of the molecule is CC1(C)CCCN(Cc2cncs2)C1C(=O)O. The summed E-state index contributed by atoms with van der Waals surface area (Å²) in [4.78, 5) is 18.7. The van der Waals surface area contributed by atoms with Crippen molar-refractivity contribution < 1.29 is 9.90 Å². The van der Waals surface area contributed by atoms with E-state index in [1.807, 2.05) is 20.0 Å². The molecule has 0 aromatic carbocycles. The molecule has 0 radical (unpaired) electrons. The van der Waals surface area contributed by atoms with Crippen molar-refractivity contribution in [3.8, 4) is 0 Å². The van der Waals surface area contributed by atoms with Gasteiger partial charge < -0.3 is 5.11 Å². The molecular formula is C12H18N2O2S. The number of hydrogen-bond acceptors (Lipinski definition) is 4. The summed E-state index contributed by atoms with van der Waals surface area (Å²) in [5, 5.41) is 9.42. The molecule has 0 aliphatic carbocycles. The summed E-state index contributed by atoms with van der Waals surface area (Å²) in [7, 11) is 0. The van der Waals surface area contributed by atoms with Gasteiger partial charge in [0.1, 0.15) is 6.04 Å². The van der Waals surface area contributed by atoms with Crippen molar-refractivity contribution in [2.24, 2.45) is 5.41 Å². The quantitative estimate of drug-likeness (QED) is 0.898. The number of carbonyl (C=O) groups is 1. The number of thiazole rings is 1. The molecule has 1 N–H and O–H groups in total. The Bertz CT molecular complexity index is 389. The maximum atomic E-state index is 11.5. The number of aliphatic carboxylic acids is 1. The zero-order valence-corrected chi connectivity index (χ0v) is 11.0. The topological polar surface area (TPSA) is 53.4 Å². The average Bonchev–Trinajstić information content (AvgIpc) is 2.68. The van der Waals surface area contributed by atoms with Gasteiger partial charge in [-0.15, -0.1) is 11.3 Å². The van der Waals surface area contributed by atoms with Gasteiger partial charge in [0.2, 0.25) is 0 Å². The number of rotatable bonds is 3. The first-order valence-corrected chi connectivity index (χ1v) is 6.73. The second-order valence-corrected chi connectivity index (χ2v) is 6.24. The number of carboxylic acid groups (broad SMARTS) is 1. The molecule has 94 valence electrons. The van der Waals surface area contributed by atoms with E-state index in [1.165, 1.54) is 0 Å². The van der Waals surface area contributed by atoms with Crippen molar-refractivity contribution in [1.29, 1.82) is 0 Å². The van der Waals surface area contributed by atoms with Crippen LogP contribution < -0.4 is 0 Å². The van der Waals surface area contributed by atoms with Crippen LogP contribution in [0.3, 0.4) is 0 Å². The lowest BCUT2D eigenvalue weighted by Crippen LogP contribution is -2.53. The predicted octanol–water partition coefficient (Wildman–Crippen LogP) is 2.22. The number of nitrogens with zero attached hydrogens (tertiary/aromatic N) is 2. The Labute approximate surface area is 105 Å². The van der Waals surface area contributed by atoms with Crippen LogP contribution in [0.4, 0.5) is 0 Å². The highest BCUT2D eigenvalue weighted by Crippen LogP contribution is 2.36. The van der Waals surface area contributed by atoms with Crippen molar-refractivity contribution in [2.45, 2.75) is 39.3 Å². The standard InChI is InChI=1S/C12H18N2O2S/c1-12(2)4-3-5-14(10(12)11(15)16)7-9-6-13-8-17-9/h6,8,10H,3-5,7H2,1-2H3,(H,15,16). The first kappa shape index (κ1) is 12.5. The molecule has 1 aromatic heterocycles. The third-order valence-corrected chi connectivity index (χ3v) is 4.21. The van der Waals surface area contributed by atoms with Crippen molar-refractivity contribution in [3.63, 3.8) is 0 Å². The average molecular weight is 254 g/mol. The second-order valence-electron chi connectivity index (χ2n) is 5.27. The van der Waals surface area contributed by atoms with Crippen molar-refractivity contribution in [3.05, 3.63) is 16.6 Å². The molecule has 2 rings (SSSR count). The Kier molecular flexibility index (Phi) is 3.49. The largest absolute Gasteiger partial charge is 0.480 e. The van der Waals surface area contributed by atoms with Crippen LogP contribution >= 0.6 is 11.3 Å². The normalized spacial score (nSPS) is 24.7. The van der Waals surface area contributed by atoms with Gasteiger partial charge in [-0.1, -0.05) is 13.8 Å². The molecule has 0 saturated carbocycles. The molecule has 4 nitrogen and oxygen atoms in total. The zero-order chi connectivity index (χ0) is 12.5. The highest BCUT2D eigenvalue weighted by atomic mass is 32.1. The molecule has 1 atom stereocenters. The molecule has 17 heavy (non-hydrogen) atoms. The molecule has 1 saturated heterocycles. The van der Waals surface area contributed by atoms with Crippen LogP contribution in [-0.2, 0) is 11.3 Å². The molecule has 0 spiro atoms. The maximum Gasteiger partial charge on any atom is 0.321 e. The van der Waals surface area contributed by atoms with Gasteiger partial charge in [-0.3, -0.25) is 14.7 Å². The Hall–Kier alpha value is -0.940. The monoisotopic (exact) mass is 254 g/mol. The number of carboxylic acids is 1. The fourth-order valence-electron chi connectivity index (χ4n) is 2.68. The van der Waals surface area contributed by atoms with Crippen molar-refractivity contribution in [2.75, 3.05) is 6.54 Å². The first-order valence-electron chi connectivity index (χ1n) is 5.85. The lowest BCUT2D eigenvalue weighted by atomic mass is 9.76. The summed E-state index contributed by atoms with van der Waals surface area (Å²) >= 11 is 1.58. The van der Waals surface area contributed by atoms with Gasteiger partial charge in [-0.25, -0.2) is 0 Å². The third kappa shape index (κ3) is 2.66. The van der Waals surface area contributed by atoms with Gasteiger partial charge in [-0.2, -0.15) is 0 Å². The van der Waals surface area contributed by atoms with E-state index in [0.29, 0.717) is 6.54 Å². The lowest BCUT2D eigenvalue weighted by molar-refractivity contribution is -0.151. The molecule has 0 bridgehead atoms. The molecule has 1 unspecified atom stereocenters. The minimum absolute atomic E-state index is 0.158. The summed E-state index contributed by atoms with van der Waals surface area (Å²) in [6, 6.07) is -0.390. The van der Waals surface area contributed by atoms with Gasteiger partial charge >= 0.3 is 5.97 Å². The van der Waals surface area contributed by atoms with Crippen LogP contribution in [0.5, 0.6) is 0 Å². The zero-order valence-electron chi connectivity index (χ0n) is 10.2. The van der Waals surface area contributed by atoms with Crippen molar-refractivity contribution >= 4 is 17.3 Å². The number of aromatic nitrogens is 1. The van der Waals surface area contributed by atoms with Crippen LogP contribution in [0, 0.1) is 5.41 Å². The molecule has 2 heterocycles. The van der Waals surface area contributed by atoms with Crippen LogP contribution in [0.2, 0.25) is 0 Å². The number of likely N-dealkylation sites (tertiary alicyclic amines) is 1. The van der Waals surface area contributed by atoms with E-state index < -0.39 is 12.0 Å². The minimum Gasteiger partial charge on any atom is -0.480 e.